The molecule has 23 heavy (non-hydrogen) atoms. The lowest BCUT2D eigenvalue weighted by molar-refractivity contribution is -0.140. The number of aromatic nitrogens is 3. The average molecular weight is 328 g/mol. The zero-order valence-electron chi connectivity index (χ0n) is 11.4. The Morgan fingerprint density at radius 2 is 1.70 bits per heavy atom. The maximum absolute atomic E-state index is 13.1. The van der Waals surface area contributed by atoms with E-state index in [0.29, 0.717) is 5.56 Å². The second-order valence-electron chi connectivity index (χ2n) is 4.80. The van der Waals surface area contributed by atoms with Crippen LogP contribution in [0.4, 0.5) is 27.8 Å². The van der Waals surface area contributed by atoms with Gasteiger partial charge in [-0.25, -0.2) is 18.7 Å². The highest BCUT2D eigenvalue weighted by molar-refractivity contribution is 5.87. The van der Waals surface area contributed by atoms with Crippen LogP contribution in [0.2, 0.25) is 0 Å². The van der Waals surface area contributed by atoms with Crippen molar-refractivity contribution in [2.24, 2.45) is 0 Å². The molecule has 2 aromatic heterocycles. The van der Waals surface area contributed by atoms with Crippen LogP contribution in [-0.2, 0) is 12.7 Å². The molecule has 0 fully saturated rings. The molecule has 3 rings (SSSR count). The third-order valence-electron chi connectivity index (χ3n) is 3.11. The zero-order chi connectivity index (χ0) is 16.6. The third kappa shape index (κ3) is 3.22. The van der Waals surface area contributed by atoms with Crippen molar-refractivity contribution in [3.63, 3.8) is 0 Å². The van der Waals surface area contributed by atoms with E-state index in [-0.39, 0.29) is 23.4 Å². The van der Waals surface area contributed by atoms with Crippen molar-refractivity contribution in [2.75, 3.05) is 5.32 Å². The van der Waals surface area contributed by atoms with Crippen LogP contribution in [0.5, 0.6) is 0 Å². The van der Waals surface area contributed by atoms with E-state index in [1.165, 1.54) is 0 Å². The van der Waals surface area contributed by atoms with E-state index >= 15 is 0 Å². The lowest BCUT2D eigenvalue weighted by Crippen LogP contribution is -2.04. The van der Waals surface area contributed by atoms with Crippen molar-refractivity contribution < 1.29 is 22.0 Å². The van der Waals surface area contributed by atoms with E-state index in [0.717, 1.165) is 30.6 Å². The molecule has 120 valence electrons. The first-order chi connectivity index (χ1) is 10.8. The van der Waals surface area contributed by atoms with Gasteiger partial charge in [-0.3, -0.25) is 0 Å². The number of anilines is 1. The van der Waals surface area contributed by atoms with Gasteiger partial charge in [0.15, 0.2) is 0 Å². The summed E-state index contributed by atoms with van der Waals surface area (Å²) in [7, 11) is 0. The molecule has 0 saturated heterocycles. The Kier molecular flexibility index (Phi) is 3.63. The van der Waals surface area contributed by atoms with Gasteiger partial charge < -0.3 is 10.3 Å². The second kappa shape index (κ2) is 5.49. The number of hydrogen-bond donors (Lipinski definition) is 2. The van der Waals surface area contributed by atoms with Crippen LogP contribution in [0.15, 0.2) is 30.6 Å². The molecule has 0 radical (unpaired) electrons. The highest BCUT2D eigenvalue weighted by Crippen LogP contribution is 2.32. The number of fused-ring (bicyclic) bond motifs is 1. The lowest BCUT2D eigenvalue weighted by atomic mass is 10.2. The fourth-order valence-electron chi connectivity index (χ4n) is 2.13. The van der Waals surface area contributed by atoms with Crippen molar-refractivity contribution in [2.45, 2.75) is 12.7 Å². The minimum atomic E-state index is -4.54. The number of nitrogens with one attached hydrogen (secondary N) is 2. The van der Waals surface area contributed by atoms with Gasteiger partial charge in [0.1, 0.15) is 35.1 Å². The van der Waals surface area contributed by atoms with Crippen LogP contribution in [-0.4, -0.2) is 15.0 Å². The molecule has 0 atom stereocenters. The molecular weight excluding hydrogens is 319 g/mol. The van der Waals surface area contributed by atoms with Crippen LogP contribution < -0.4 is 5.32 Å². The van der Waals surface area contributed by atoms with Gasteiger partial charge in [0.2, 0.25) is 0 Å². The molecule has 0 saturated carbocycles. The lowest BCUT2D eigenvalue weighted by Gasteiger charge is -2.06. The van der Waals surface area contributed by atoms with Gasteiger partial charge in [-0.05, 0) is 23.8 Å². The smallest absolute Gasteiger partial charge is 0.365 e. The molecule has 0 spiro atoms. The van der Waals surface area contributed by atoms with Crippen molar-refractivity contribution in [3.8, 4) is 0 Å². The summed E-state index contributed by atoms with van der Waals surface area (Å²) in [6, 6.07) is 3.84. The van der Waals surface area contributed by atoms with Gasteiger partial charge in [-0.2, -0.15) is 13.2 Å². The van der Waals surface area contributed by atoms with Crippen LogP contribution in [0.25, 0.3) is 11.0 Å². The third-order valence-corrected chi connectivity index (χ3v) is 3.11. The summed E-state index contributed by atoms with van der Waals surface area (Å²) in [5, 5.41) is 2.89. The maximum Gasteiger partial charge on any atom is 0.431 e. The minimum absolute atomic E-state index is 0.00662. The molecule has 3 aromatic rings. The van der Waals surface area contributed by atoms with Crippen LogP contribution in [0.3, 0.4) is 0 Å². The number of nitrogens with zero attached hydrogens (tertiary/aromatic N) is 2. The number of benzene rings is 1. The summed E-state index contributed by atoms with van der Waals surface area (Å²) in [6.07, 6.45) is -3.45. The van der Waals surface area contributed by atoms with E-state index in [4.69, 9.17) is 0 Å². The molecule has 0 bridgehead atoms. The number of halogens is 5. The molecule has 2 heterocycles. The maximum atomic E-state index is 13.1. The van der Waals surface area contributed by atoms with Crippen LogP contribution in [0.1, 0.15) is 11.3 Å². The Morgan fingerprint density at radius 3 is 2.35 bits per heavy atom. The molecular formula is C14H9F5N4. The highest BCUT2D eigenvalue weighted by Gasteiger charge is 2.33. The molecule has 0 unspecified atom stereocenters. The predicted molar refractivity (Wildman–Crippen MR) is 72.6 cm³/mol. The van der Waals surface area contributed by atoms with Crippen molar-refractivity contribution in [3.05, 3.63) is 53.5 Å². The van der Waals surface area contributed by atoms with Gasteiger partial charge in [-0.15, -0.1) is 0 Å². The summed E-state index contributed by atoms with van der Waals surface area (Å²) in [6.45, 7) is -0.00662. The first kappa shape index (κ1) is 15.2. The highest BCUT2D eigenvalue weighted by atomic mass is 19.4. The predicted octanol–water partition coefficient (Wildman–Crippen LogP) is 3.87. The molecule has 2 N–H and O–H groups in total. The number of rotatable bonds is 3. The van der Waals surface area contributed by atoms with Crippen molar-refractivity contribution in [1.82, 2.24) is 15.0 Å². The first-order valence-corrected chi connectivity index (χ1v) is 6.43. The van der Waals surface area contributed by atoms with Gasteiger partial charge in [0, 0.05) is 12.6 Å². The van der Waals surface area contributed by atoms with E-state index in [9.17, 15) is 22.0 Å². The van der Waals surface area contributed by atoms with Crippen molar-refractivity contribution >= 4 is 16.9 Å². The Morgan fingerprint density at radius 1 is 1.00 bits per heavy atom. The largest absolute Gasteiger partial charge is 0.431 e. The zero-order valence-corrected chi connectivity index (χ0v) is 11.4. The topological polar surface area (TPSA) is 53.6 Å². The molecule has 0 amide bonds. The Bertz CT molecular complexity index is 836. The Hall–Kier alpha value is -2.71. The Labute approximate surface area is 126 Å². The Balaban J connectivity index is 1.89. The number of aromatic amines is 1. The summed E-state index contributed by atoms with van der Waals surface area (Å²) < 4.78 is 64.4. The normalized spacial score (nSPS) is 11.9. The van der Waals surface area contributed by atoms with Crippen molar-refractivity contribution in [1.29, 1.82) is 0 Å². The minimum Gasteiger partial charge on any atom is -0.365 e. The van der Waals surface area contributed by atoms with Crippen LogP contribution >= 0.6 is 0 Å². The van der Waals surface area contributed by atoms with E-state index in [1.54, 1.807) is 0 Å². The quantitative estimate of drug-likeness (QED) is 0.718. The molecule has 0 aliphatic heterocycles. The summed E-state index contributed by atoms with van der Waals surface area (Å²) in [5.74, 6) is -1.35. The number of hydrogen-bond acceptors (Lipinski definition) is 3. The fourth-order valence-corrected chi connectivity index (χ4v) is 2.13. The number of H-pyrrole nitrogens is 1. The number of alkyl halides is 3. The van der Waals surface area contributed by atoms with E-state index < -0.39 is 23.5 Å². The monoisotopic (exact) mass is 328 g/mol. The van der Waals surface area contributed by atoms with Crippen LogP contribution in [0, 0.1) is 11.6 Å². The summed E-state index contributed by atoms with van der Waals surface area (Å²) in [4.78, 5) is 9.75. The molecule has 4 nitrogen and oxygen atoms in total. The van der Waals surface area contributed by atoms with Gasteiger partial charge in [-0.1, -0.05) is 0 Å². The second-order valence-corrected chi connectivity index (χ2v) is 4.80. The summed E-state index contributed by atoms with van der Waals surface area (Å²) >= 11 is 0. The first-order valence-electron chi connectivity index (χ1n) is 6.43. The summed E-state index contributed by atoms with van der Waals surface area (Å²) in [5.41, 5.74) is -0.644. The molecule has 9 heteroatoms. The van der Waals surface area contributed by atoms with Gasteiger partial charge in [0.05, 0.1) is 5.39 Å². The molecule has 1 aromatic carbocycles. The van der Waals surface area contributed by atoms with E-state index in [1.807, 2.05) is 0 Å². The molecule has 0 aliphatic carbocycles. The standard InChI is InChI=1S/C14H9F5N4/c15-8-1-7(2-9(16)3-8)5-20-12-10-4-11(14(17,18)19)23-13(10)22-6-21-12/h1-4,6H,5H2,(H2,20,21,22,23). The van der Waals surface area contributed by atoms with Gasteiger partial charge >= 0.3 is 6.18 Å². The van der Waals surface area contributed by atoms with Gasteiger partial charge in [0.25, 0.3) is 0 Å². The fraction of sp³-hybridized carbons (Fsp3) is 0.143. The average Bonchev–Trinajstić information content (AvgIpc) is 2.88. The SMILES string of the molecule is Fc1cc(F)cc(CNc2ncnc3[nH]c(C(F)(F)F)cc23)c1. The molecule has 0 aliphatic rings. The van der Waals surface area contributed by atoms with E-state index in [2.05, 4.69) is 20.3 Å².